The minimum absolute atomic E-state index is 0.698. The normalized spacial score (nSPS) is 21.2. The van der Waals surface area contributed by atoms with Crippen LogP contribution in [0.25, 0.3) is 6.08 Å². The predicted octanol–water partition coefficient (Wildman–Crippen LogP) is 2.38. The monoisotopic (exact) mass is 230 g/mol. The number of hydrogen-bond donors (Lipinski definition) is 1. The first-order chi connectivity index (χ1) is 8.36. The van der Waals surface area contributed by atoms with Crippen LogP contribution < -0.4 is 5.32 Å². The molecule has 92 valence electrons. The van der Waals surface area contributed by atoms with Gasteiger partial charge in [-0.3, -0.25) is 4.90 Å². The maximum Gasteiger partial charge on any atom is 0.0221 e. The summed E-state index contributed by atoms with van der Waals surface area (Å²) in [6.45, 7) is 3.35. The van der Waals surface area contributed by atoms with E-state index in [-0.39, 0.29) is 0 Å². The van der Waals surface area contributed by atoms with Crippen molar-refractivity contribution in [2.45, 2.75) is 18.9 Å². The summed E-state index contributed by atoms with van der Waals surface area (Å²) in [5, 5.41) is 3.46. The number of benzene rings is 1. The van der Waals surface area contributed by atoms with Gasteiger partial charge in [0, 0.05) is 19.1 Å². The zero-order valence-corrected chi connectivity index (χ0v) is 10.6. The molecule has 2 rings (SSSR count). The van der Waals surface area contributed by atoms with Crippen molar-refractivity contribution in [2.75, 3.05) is 26.7 Å². The van der Waals surface area contributed by atoms with E-state index in [1.807, 2.05) is 0 Å². The van der Waals surface area contributed by atoms with Crippen LogP contribution >= 0.6 is 0 Å². The summed E-state index contributed by atoms with van der Waals surface area (Å²) in [5.41, 5.74) is 1.28. The average molecular weight is 230 g/mol. The molecule has 0 aromatic heterocycles. The van der Waals surface area contributed by atoms with Gasteiger partial charge in [0.15, 0.2) is 0 Å². The van der Waals surface area contributed by atoms with Crippen molar-refractivity contribution in [1.29, 1.82) is 0 Å². The maximum absolute atomic E-state index is 3.46. The zero-order chi connectivity index (χ0) is 11.9. The van der Waals surface area contributed by atoms with Gasteiger partial charge in [0.05, 0.1) is 0 Å². The molecule has 1 unspecified atom stereocenters. The first-order valence-electron chi connectivity index (χ1n) is 6.49. The molecule has 0 aliphatic carbocycles. The van der Waals surface area contributed by atoms with E-state index in [0.717, 1.165) is 13.1 Å². The summed E-state index contributed by atoms with van der Waals surface area (Å²) in [4.78, 5) is 2.44. The molecule has 1 N–H and O–H groups in total. The number of nitrogens with zero attached hydrogens (tertiary/aromatic N) is 1. The predicted molar refractivity (Wildman–Crippen MR) is 74.0 cm³/mol. The lowest BCUT2D eigenvalue weighted by molar-refractivity contribution is 0.222. The van der Waals surface area contributed by atoms with Gasteiger partial charge < -0.3 is 5.32 Å². The van der Waals surface area contributed by atoms with Gasteiger partial charge in [-0.25, -0.2) is 0 Å². The Hall–Kier alpha value is -1.12. The van der Waals surface area contributed by atoms with Crippen molar-refractivity contribution in [2.24, 2.45) is 0 Å². The smallest absolute Gasteiger partial charge is 0.0221 e. The van der Waals surface area contributed by atoms with E-state index in [9.17, 15) is 0 Å². The highest BCUT2D eigenvalue weighted by atomic mass is 15.1. The molecule has 1 aliphatic heterocycles. The molecule has 1 aliphatic rings. The van der Waals surface area contributed by atoms with Gasteiger partial charge in [0.2, 0.25) is 0 Å². The van der Waals surface area contributed by atoms with Gasteiger partial charge in [-0.2, -0.15) is 0 Å². The summed E-state index contributed by atoms with van der Waals surface area (Å²) in [6.07, 6.45) is 7.08. The van der Waals surface area contributed by atoms with E-state index in [0.29, 0.717) is 6.04 Å². The lowest BCUT2D eigenvalue weighted by Gasteiger charge is -2.30. The first-order valence-corrected chi connectivity index (χ1v) is 6.49. The molecule has 17 heavy (non-hydrogen) atoms. The van der Waals surface area contributed by atoms with Crippen LogP contribution in [0, 0.1) is 0 Å². The van der Waals surface area contributed by atoms with Gasteiger partial charge in [0.1, 0.15) is 0 Å². The largest absolute Gasteiger partial charge is 0.315 e. The van der Waals surface area contributed by atoms with E-state index in [1.165, 1.54) is 24.9 Å². The van der Waals surface area contributed by atoms with E-state index in [4.69, 9.17) is 0 Å². The fourth-order valence-corrected chi connectivity index (χ4v) is 2.28. The van der Waals surface area contributed by atoms with Crippen LogP contribution in [0.2, 0.25) is 0 Å². The van der Waals surface area contributed by atoms with Gasteiger partial charge in [-0.05, 0) is 32.0 Å². The summed E-state index contributed by atoms with van der Waals surface area (Å²) >= 11 is 0. The van der Waals surface area contributed by atoms with Crippen LogP contribution in [0.5, 0.6) is 0 Å². The van der Waals surface area contributed by atoms with Crippen molar-refractivity contribution >= 4 is 6.08 Å². The minimum atomic E-state index is 0.698. The Morgan fingerprint density at radius 3 is 2.88 bits per heavy atom. The molecule has 0 spiro atoms. The van der Waals surface area contributed by atoms with Crippen LogP contribution in [0.4, 0.5) is 0 Å². The quantitative estimate of drug-likeness (QED) is 0.854. The molecule has 0 radical (unpaired) electrons. The fraction of sp³-hybridized carbons (Fsp3) is 0.467. The minimum Gasteiger partial charge on any atom is -0.315 e. The molecule has 2 heteroatoms. The Bertz CT molecular complexity index is 339. The summed E-state index contributed by atoms with van der Waals surface area (Å²) in [7, 11) is 2.22. The second kappa shape index (κ2) is 6.58. The van der Waals surface area contributed by atoms with Crippen molar-refractivity contribution in [1.82, 2.24) is 10.2 Å². The Labute approximate surface area is 104 Å². The Morgan fingerprint density at radius 1 is 1.35 bits per heavy atom. The third-order valence-electron chi connectivity index (χ3n) is 3.40. The number of likely N-dealkylation sites (N-methyl/N-ethyl adjacent to an activating group) is 1. The molecular formula is C15H22N2. The number of hydrogen-bond acceptors (Lipinski definition) is 2. The van der Waals surface area contributed by atoms with Crippen LogP contribution in [-0.4, -0.2) is 37.6 Å². The van der Waals surface area contributed by atoms with Gasteiger partial charge >= 0.3 is 0 Å². The average Bonchev–Trinajstić information content (AvgIpc) is 2.41. The molecule has 0 bridgehead atoms. The van der Waals surface area contributed by atoms with Gasteiger partial charge in [0.25, 0.3) is 0 Å². The van der Waals surface area contributed by atoms with Crippen molar-refractivity contribution in [3.8, 4) is 0 Å². The van der Waals surface area contributed by atoms with E-state index in [1.54, 1.807) is 0 Å². The molecule has 1 fully saturated rings. The van der Waals surface area contributed by atoms with Crippen molar-refractivity contribution in [3.63, 3.8) is 0 Å². The highest BCUT2D eigenvalue weighted by Gasteiger charge is 2.15. The fourth-order valence-electron chi connectivity index (χ4n) is 2.28. The zero-order valence-electron chi connectivity index (χ0n) is 10.6. The van der Waals surface area contributed by atoms with Crippen molar-refractivity contribution < 1.29 is 0 Å². The molecular weight excluding hydrogens is 208 g/mol. The standard InChI is InChI=1S/C15H22N2/c1-17(15-10-5-11-16-13-15)12-6-9-14-7-3-2-4-8-14/h2-4,6-9,15-16H,5,10-13H2,1H3. The van der Waals surface area contributed by atoms with Gasteiger partial charge in [-0.15, -0.1) is 0 Å². The van der Waals surface area contributed by atoms with Crippen LogP contribution in [0.3, 0.4) is 0 Å². The van der Waals surface area contributed by atoms with Crippen molar-refractivity contribution in [3.05, 3.63) is 42.0 Å². The molecule has 1 aromatic carbocycles. The highest BCUT2D eigenvalue weighted by molar-refractivity contribution is 5.48. The molecule has 1 saturated heterocycles. The molecule has 0 amide bonds. The third kappa shape index (κ3) is 3.99. The second-order valence-corrected chi connectivity index (χ2v) is 4.75. The Morgan fingerprint density at radius 2 is 2.18 bits per heavy atom. The lowest BCUT2D eigenvalue weighted by atomic mass is 10.1. The van der Waals surface area contributed by atoms with Crippen LogP contribution in [-0.2, 0) is 0 Å². The second-order valence-electron chi connectivity index (χ2n) is 4.75. The Kier molecular flexibility index (Phi) is 4.77. The van der Waals surface area contributed by atoms with Crippen LogP contribution in [0.1, 0.15) is 18.4 Å². The van der Waals surface area contributed by atoms with Crippen LogP contribution in [0.15, 0.2) is 36.4 Å². The molecule has 0 saturated carbocycles. The molecule has 1 heterocycles. The summed E-state index contributed by atoms with van der Waals surface area (Å²) in [5.74, 6) is 0. The number of nitrogens with one attached hydrogen (secondary N) is 1. The Balaban J connectivity index is 1.79. The van der Waals surface area contributed by atoms with E-state index < -0.39 is 0 Å². The molecule has 1 atom stereocenters. The van der Waals surface area contributed by atoms with E-state index in [2.05, 4.69) is 59.7 Å². The topological polar surface area (TPSA) is 15.3 Å². The molecule has 1 aromatic rings. The first kappa shape index (κ1) is 12.3. The highest BCUT2D eigenvalue weighted by Crippen LogP contribution is 2.08. The SMILES string of the molecule is CN(CC=Cc1ccccc1)C1CCCNC1. The molecule has 2 nitrogen and oxygen atoms in total. The maximum atomic E-state index is 3.46. The lowest BCUT2D eigenvalue weighted by Crippen LogP contribution is -2.44. The third-order valence-corrected chi connectivity index (χ3v) is 3.40. The van der Waals surface area contributed by atoms with E-state index >= 15 is 0 Å². The number of piperidine rings is 1. The number of rotatable bonds is 4. The van der Waals surface area contributed by atoms with Gasteiger partial charge in [-0.1, -0.05) is 42.5 Å². The summed E-state index contributed by atoms with van der Waals surface area (Å²) in [6, 6.07) is 11.2. The summed E-state index contributed by atoms with van der Waals surface area (Å²) < 4.78 is 0.